The maximum absolute atomic E-state index is 12.5. The van der Waals surface area contributed by atoms with Gasteiger partial charge in [0.2, 0.25) is 5.91 Å². The van der Waals surface area contributed by atoms with E-state index in [1.165, 1.54) is 16.0 Å². The third-order valence-corrected chi connectivity index (χ3v) is 6.28. The molecule has 32 heavy (non-hydrogen) atoms. The van der Waals surface area contributed by atoms with Gasteiger partial charge in [-0.15, -0.1) is 0 Å². The second kappa shape index (κ2) is 9.42. The second-order valence-electron chi connectivity index (χ2n) is 8.49. The highest BCUT2D eigenvalue weighted by atomic mass is 16.5. The summed E-state index contributed by atoms with van der Waals surface area (Å²) in [5.41, 5.74) is 4.67. The number of hydrogen-bond acceptors (Lipinski definition) is 4. The molecular weight excluding hydrogens is 408 g/mol. The molecule has 2 N–H and O–H groups in total. The minimum Gasteiger partial charge on any atom is -0.480 e. The number of aliphatic carboxylic acids is 1. The molecular formula is C25H28N2O5. The average Bonchev–Trinajstić information content (AvgIpc) is 3.07. The number of benzene rings is 2. The fourth-order valence-electron chi connectivity index (χ4n) is 4.70. The summed E-state index contributed by atoms with van der Waals surface area (Å²) < 4.78 is 5.56. The summed E-state index contributed by atoms with van der Waals surface area (Å²) in [4.78, 5) is 37.3. The standard InChI is InChI=1S/C25H28N2O5/c1-2-11-27(14-23(28)29)24(30)16-12-17(13-16)26-25(31)32-15-22-20-9-5-3-7-18(20)19-8-4-6-10-21(19)22/h3-10,16-17,22H,2,11-15H2,1H3,(H,26,31)(H,28,29). The van der Waals surface area contributed by atoms with Gasteiger partial charge in [-0.2, -0.15) is 0 Å². The van der Waals surface area contributed by atoms with Gasteiger partial charge in [0.1, 0.15) is 13.2 Å². The van der Waals surface area contributed by atoms with Gasteiger partial charge in [0.05, 0.1) is 0 Å². The number of alkyl carbamates (subject to hydrolysis) is 1. The van der Waals surface area contributed by atoms with Gasteiger partial charge in [-0.3, -0.25) is 9.59 Å². The first kappa shape index (κ1) is 21.9. The van der Waals surface area contributed by atoms with Crippen LogP contribution in [0.1, 0.15) is 43.2 Å². The molecule has 7 heteroatoms. The molecule has 7 nitrogen and oxygen atoms in total. The van der Waals surface area contributed by atoms with Crippen LogP contribution in [-0.4, -0.2) is 53.7 Å². The van der Waals surface area contributed by atoms with Gasteiger partial charge in [-0.25, -0.2) is 4.79 Å². The van der Waals surface area contributed by atoms with Crippen molar-refractivity contribution in [2.24, 2.45) is 5.92 Å². The van der Waals surface area contributed by atoms with Crippen molar-refractivity contribution in [1.82, 2.24) is 10.2 Å². The smallest absolute Gasteiger partial charge is 0.407 e. The Balaban J connectivity index is 1.28. The Morgan fingerprint density at radius 2 is 1.62 bits per heavy atom. The first-order valence-electron chi connectivity index (χ1n) is 11.1. The molecule has 2 aliphatic rings. The summed E-state index contributed by atoms with van der Waals surface area (Å²) in [5.74, 6) is -1.42. The van der Waals surface area contributed by atoms with Crippen molar-refractivity contribution >= 4 is 18.0 Å². The van der Waals surface area contributed by atoms with Gasteiger partial charge < -0.3 is 20.1 Å². The highest BCUT2D eigenvalue weighted by Crippen LogP contribution is 2.44. The Hall–Kier alpha value is -3.35. The zero-order chi connectivity index (χ0) is 22.7. The van der Waals surface area contributed by atoms with Crippen LogP contribution in [0, 0.1) is 5.92 Å². The number of nitrogens with one attached hydrogen (secondary N) is 1. The van der Waals surface area contributed by atoms with E-state index in [4.69, 9.17) is 9.84 Å². The molecule has 1 saturated carbocycles. The van der Waals surface area contributed by atoms with Crippen molar-refractivity contribution in [3.8, 4) is 11.1 Å². The van der Waals surface area contributed by atoms with Gasteiger partial charge in [0.25, 0.3) is 0 Å². The number of carboxylic acid groups (broad SMARTS) is 1. The molecule has 0 saturated heterocycles. The van der Waals surface area contributed by atoms with Crippen LogP contribution in [0.25, 0.3) is 11.1 Å². The van der Waals surface area contributed by atoms with Crippen LogP contribution in [0.4, 0.5) is 4.79 Å². The number of carboxylic acids is 1. The topological polar surface area (TPSA) is 95.9 Å². The Morgan fingerprint density at radius 3 is 2.19 bits per heavy atom. The molecule has 0 unspecified atom stereocenters. The Labute approximate surface area is 187 Å². The van der Waals surface area contributed by atoms with Crippen LogP contribution in [-0.2, 0) is 14.3 Å². The summed E-state index contributed by atoms with van der Waals surface area (Å²) in [5, 5.41) is 11.8. The number of carbonyl (C=O) groups excluding carboxylic acids is 2. The maximum Gasteiger partial charge on any atom is 0.407 e. The monoisotopic (exact) mass is 436 g/mol. The van der Waals surface area contributed by atoms with Gasteiger partial charge in [0, 0.05) is 24.4 Å². The molecule has 2 aromatic carbocycles. The number of ether oxygens (including phenoxy) is 1. The number of nitrogens with zero attached hydrogens (tertiary/aromatic N) is 1. The molecule has 0 spiro atoms. The highest BCUT2D eigenvalue weighted by molar-refractivity contribution is 5.84. The van der Waals surface area contributed by atoms with Crippen molar-refractivity contribution < 1.29 is 24.2 Å². The van der Waals surface area contributed by atoms with E-state index in [0.29, 0.717) is 25.8 Å². The third-order valence-electron chi connectivity index (χ3n) is 6.28. The van der Waals surface area contributed by atoms with E-state index in [2.05, 4.69) is 29.6 Å². The van der Waals surface area contributed by atoms with Crippen LogP contribution in [0.15, 0.2) is 48.5 Å². The van der Waals surface area contributed by atoms with Gasteiger partial charge in [-0.05, 0) is 41.5 Å². The van der Waals surface area contributed by atoms with Gasteiger partial charge in [0.15, 0.2) is 0 Å². The van der Waals surface area contributed by atoms with E-state index in [-0.39, 0.29) is 36.9 Å². The van der Waals surface area contributed by atoms with Crippen molar-refractivity contribution in [3.05, 3.63) is 59.7 Å². The molecule has 2 amide bonds. The molecule has 4 rings (SSSR count). The predicted octanol–water partition coefficient (Wildman–Crippen LogP) is 3.63. The molecule has 0 radical (unpaired) electrons. The number of amides is 2. The summed E-state index contributed by atoms with van der Waals surface area (Å²) in [6.45, 7) is 2.29. The fourth-order valence-corrected chi connectivity index (χ4v) is 4.70. The van der Waals surface area contributed by atoms with E-state index in [1.807, 2.05) is 31.2 Å². The number of rotatable bonds is 8. The molecule has 0 atom stereocenters. The third kappa shape index (κ3) is 4.47. The minimum atomic E-state index is -1.01. The summed E-state index contributed by atoms with van der Waals surface area (Å²) in [6.07, 6.45) is 1.22. The van der Waals surface area contributed by atoms with Crippen molar-refractivity contribution in [3.63, 3.8) is 0 Å². The Kier molecular flexibility index (Phi) is 6.44. The molecule has 0 heterocycles. The van der Waals surface area contributed by atoms with E-state index in [9.17, 15) is 14.4 Å². The average molecular weight is 437 g/mol. The lowest BCUT2D eigenvalue weighted by molar-refractivity contribution is -0.148. The molecule has 1 fully saturated rings. The number of carbonyl (C=O) groups is 3. The highest BCUT2D eigenvalue weighted by Gasteiger charge is 2.38. The molecule has 2 aromatic rings. The molecule has 0 aromatic heterocycles. The lowest BCUT2D eigenvalue weighted by Gasteiger charge is -2.37. The normalized spacial score (nSPS) is 18.8. The SMILES string of the molecule is CCCN(CC(=O)O)C(=O)C1CC(NC(=O)OCC2c3ccccc3-c3ccccc32)C1. The van der Waals surface area contributed by atoms with Crippen molar-refractivity contribution in [1.29, 1.82) is 0 Å². The van der Waals surface area contributed by atoms with Crippen LogP contribution < -0.4 is 5.32 Å². The molecule has 168 valence electrons. The zero-order valence-corrected chi connectivity index (χ0v) is 18.1. The maximum atomic E-state index is 12.5. The largest absolute Gasteiger partial charge is 0.480 e. The van der Waals surface area contributed by atoms with Gasteiger partial charge in [-0.1, -0.05) is 55.5 Å². The molecule has 0 aliphatic heterocycles. The van der Waals surface area contributed by atoms with Crippen LogP contribution >= 0.6 is 0 Å². The van der Waals surface area contributed by atoms with E-state index >= 15 is 0 Å². The molecule has 0 bridgehead atoms. The van der Waals surface area contributed by atoms with Crippen molar-refractivity contribution in [2.45, 2.75) is 38.1 Å². The summed E-state index contributed by atoms with van der Waals surface area (Å²) in [7, 11) is 0. The predicted molar refractivity (Wildman–Crippen MR) is 119 cm³/mol. The summed E-state index contributed by atoms with van der Waals surface area (Å²) in [6, 6.07) is 16.2. The number of fused-ring (bicyclic) bond motifs is 3. The van der Waals surface area contributed by atoms with E-state index in [0.717, 1.165) is 11.1 Å². The summed E-state index contributed by atoms with van der Waals surface area (Å²) >= 11 is 0. The van der Waals surface area contributed by atoms with E-state index in [1.54, 1.807) is 0 Å². The lowest BCUT2D eigenvalue weighted by Crippen LogP contribution is -2.51. The van der Waals surface area contributed by atoms with Crippen LogP contribution in [0.2, 0.25) is 0 Å². The first-order valence-corrected chi connectivity index (χ1v) is 11.1. The molecule has 2 aliphatic carbocycles. The lowest BCUT2D eigenvalue weighted by atomic mass is 9.79. The van der Waals surface area contributed by atoms with Gasteiger partial charge >= 0.3 is 12.1 Å². The number of hydrogen-bond donors (Lipinski definition) is 2. The zero-order valence-electron chi connectivity index (χ0n) is 18.1. The minimum absolute atomic E-state index is 0.00230. The fraction of sp³-hybridized carbons (Fsp3) is 0.400. The Morgan fingerprint density at radius 1 is 1.03 bits per heavy atom. The van der Waals surface area contributed by atoms with Crippen LogP contribution in [0.5, 0.6) is 0 Å². The second-order valence-corrected chi connectivity index (χ2v) is 8.49. The first-order chi connectivity index (χ1) is 15.5. The quantitative estimate of drug-likeness (QED) is 0.659. The van der Waals surface area contributed by atoms with Crippen molar-refractivity contribution in [2.75, 3.05) is 19.7 Å². The Bertz CT molecular complexity index is 969. The van der Waals surface area contributed by atoms with Crippen LogP contribution in [0.3, 0.4) is 0 Å². The van der Waals surface area contributed by atoms with E-state index < -0.39 is 12.1 Å².